The number of aryl methyl sites for hydroxylation is 1. The van der Waals surface area contributed by atoms with Crippen molar-refractivity contribution in [1.82, 2.24) is 5.43 Å². The van der Waals surface area contributed by atoms with E-state index in [1.807, 2.05) is 43.3 Å². The van der Waals surface area contributed by atoms with Gasteiger partial charge in [0, 0.05) is 11.4 Å². The number of furan rings is 1. The SMILES string of the molecule is CCc1ccc(C(NN)c2ccccc2Cl)o1. The Bertz CT molecular complexity index is 496. The zero-order chi connectivity index (χ0) is 12.3. The van der Waals surface area contributed by atoms with E-state index in [2.05, 4.69) is 5.43 Å². The summed E-state index contributed by atoms with van der Waals surface area (Å²) in [7, 11) is 0. The summed E-state index contributed by atoms with van der Waals surface area (Å²) in [6.07, 6.45) is 0.861. The van der Waals surface area contributed by atoms with E-state index in [0.717, 1.165) is 23.5 Å². The van der Waals surface area contributed by atoms with Gasteiger partial charge in [-0.3, -0.25) is 5.84 Å². The lowest BCUT2D eigenvalue weighted by molar-refractivity contribution is 0.425. The third-order valence-electron chi connectivity index (χ3n) is 2.70. The van der Waals surface area contributed by atoms with Crippen molar-refractivity contribution in [3.63, 3.8) is 0 Å². The molecule has 2 rings (SSSR count). The van der Waals surface area contributed by atoms with Crippen molar-refractivity contribution in [2.45, 2.75) is 19.4 Å². The van der Waals surface area contributed by atoms with E-state index in [-0.39, 0.29) is 6.04 Å². The van der Waals surface area contributed by atoms with Crippen LogP contribution in [0.3, 0.4) is 0 Å². The third kappa shape index (κ3) is 2.52. The first-order valence-electron chi connectivity index (χ1n) is 5.55. The van der Waals surface area contributed by atoms with Crippen LogP contribution in [0.15, 0.2) is 40.8 Å². The highest BCUT2D eigenvalue weighted by molar-refractivity contribution is 6.31. The number of benzene rings is 1. The lowest BCUT2D eigenvalue weighted by Gasteiger charge is -2.15. The van der Waals surface area contributed by atoms with Crippen molar-refractivity contribution < 1.29 is 4.42 Å². The normalized spacial score (nSPS) is 12.6. The Morgan fingerprint density at radius 1 is 1.29 bits per heavy atom. The van der Waals surface area contributed by atoms with E-state index in [1.54, 1.807) is 0 Å². The average Bonchev–Trinajstić information content (AvgIpc) is 2.81. The zero-order valence-electron chi connectivity index (χ0n) is 9.61. The fraction of sp³-hybridized carbons (Fsp3) is 0.231. The van der Waals surface area contributed by atoms with Gasteiger partial charge >= 0.3 is 0 Å². The van der Waals surface area contributed by atoms with Crippen LogP contribution in [0.5, 0.6) is 0 Å². The summed E-state index contributed by atoms with van der Waals surface area (Å²) < 4.78 is 5.69. The summed E-state index contributed by atoms with van der Waals surface area (Å²) >= 11 is 6.15. The van der Waals surface area contributed by atoms with Gasteiger partial charge in [0.2, 0.25) is 0 Å². The van der Waals surface area contributed by atoms with Crippen molar-refractivity contribution in [3.05, 3.63) is 58.5 Å². The van der Waals surface area contributed by atoms with Gasteiger partial charge in [0.25, 0.3) is 0 Å². The zero-order valence-corrected chi connectivity index (χ0v) is 10.4. The Balaban J connectivity index is 2.36. The molecule has 3 nitrogen and oxygen atoms in total. The predicted octanol–water partition coefficient (Wildman–Crippen LogP) is 3.05. The molecule has 0 bridgehead atoms. The molecule has 0 aliphatic carbocycles. The molecule has 1 aromatic heterocycles. The van der Waals surface area contributed by atoms with Gasteiger partial charge in [0.05, 0.1) is 0 Å². The van der Waals surface area contributed by atoms with Crippen molar-refractivity contribution in [2.75, 3.05) is 0 Å². The summed E-state index contributed by atoms with van der Waals surface area (Å²) in [6, 6.07) is 11.2. The second-order valence-electron chi connectivity index (χ2n) is 3.78. The van der Waals surface area contributed by atoms with Gasteiger partial charge in [-0.2, -0.15) is 0 Å². The van der Waals surface area contributed by atoms with Gasteiger partial charge in [0.15, 0.2) is 0 Å². The smallest absolute Gasteiger partial charge is 0.126 e. The van der Waals surface area contributed by atoms with Crippen LogP contribution in [0.25, 0.3) is 0 Å². The molecule has 0 aliphatic rings. The fourth-order valence-corrected chi connectivity index (χ4v) is 2.02. The minimum atomic E-state index is -0.219. The van der Waals surface area contributed by atoms with Gasteiger partial charge < -0.3 is 4.42 Å². The third-order valence-corrected chi connectivity index (χ3v) is 3.04. The maximum absolute atomic E-state index is 6.15. The molecule has 90 valence electrons. The van der Waals surface area contributed by atoms with E-state index in [4.69, 9.17) is 21.9 Å². The summed E-state index contributed by atoms with van der Waals surface area (Å²) in [5.41, 5.74) is 3.65. The molecule has 0 radical (unpaired) electrons. The van der Waals surface area contributed by atoms with Crippen LogP contribution in [0.4, 0.5) is 0 Å². The summed E-state index contributed by atoms with van der Waals surface area (Å²) in [6.45, 7) is 2.04. The molecule has 0 fully saturated rings. The topological polar surface area (TPSA) is 51.2 Å². The molecule has 0 spiro atoms. The molecule has 1 heterocycles. The van der Waals surface area contributed by atoms with Gasteiger partial charge in [-0.05, 0) is 23.8 Å². The molecule has 0 saturated carbocycles. The van der Waals surface area contributed by atoms with Gasteiger partial charge in [-0.15, -0.1) is 0 Å². The van der Waals surface area contributed by atoms with Crippen LogP contribution in [0.2, 0.25) is 5.02 Å². The molecule has 0 saturated heterocycles. The second-order valence-corrected chi connectivity index (χ2v) is 4.19. The van der Waals surface area contributed by atoms with Gasteiger partial charge in [-0.1, -0.05) is 36.7 Å². The van der Waals surface area contributed by atoms with Crippen LogP contribution in [-0.2, 0) is 6.42 Å². The second kappa shape index (κ2) is 5.36. The van der Waals surface area contributed by atoms with Crippen LogP contribution >= 0.6 is 11.6 Å². The largest absolute Gasteiger partial charge is 0.464 e. The molecule has 0 aliphatic heterocycles. The van der Waals surface area contributed by atoms with Crippen molar-refractivity contribution in [1.29, 1.82) is 0 Å². The van der Waals surface area contributed by atoms with Gasteiger partial charge in [0.1, 0.15) is 17.6 Å². The number of hydrogen-bond acceptors (Lipinski definition) is 3. The first-order chi connectivity index (χ1) is 8.26. The Hall–Kier alpha value is -1.29. The number of nitrogens with two attached hydrogens (primary N) is 1. The summed E-state index contributed by atoms with van der Waals surface area (Å²) in [5.74, 6) is 7.30. The number of hydrazine groups is 1. The van der Waals surface area contributed by atoms with Gasteiger partial charge in [-0.25, -0.2) is 5.43 Å². The monoisotopic (exact) mass is 250 g/mol. The first kappa shape index (κ1) is 12.2. The molecule has 0 amide bonds. The van der Waals surface area contributed by atoms with E-state index in [9.17, 15) is 0 Å². The Kier molecular flexibility index (Phi) is 3.84. The number of rotatable bonds is 4. The highest BCUT2D eigenvalue weighted by atomic mass is 35.5. The lowest BCUT2D eigenvalue weighted by atomic mass is 10.1. The molecular weight excluding hydrogens is 236 g/mol. The number of halogens is 1. The molecular formula is C13H15ClN2O. The summed E-state index contributed by atoms with van der Waals surface area (Å²) in [4.78, 5) is 0. The van der Waals surface area contributed by atoms with E-state index in [0.29, 0.717) is 5.02 Å². The van der Waals surface area contributed by atoms with E-state index >= 15 is 0 Å². The Labute approximate surface area is 106 Å². The van der Waals surface area contributed by atoms with Crippen LogP contribution in [0, 0.1) is 0 Å². The molecule has 1 atom stereocenters. The first-order valence-corrected chi connectivity index (χ1v) is 5.93. The van der Waals surface area contributed by atoms with Crippen LogP contribution in [-0.4, -0.2) is 0 Å². The molecule has 4 heteroatoms. The molecule has 17 heavy (non-hydrogen) atoms. The van der Waals surface area contributed by atoms with E-state index in [1.165, 1.54) is 0 Å². The number of nitrogens with one attached hydrogen (secondary N) is 1. The number of hydrogen-bond donors (Lipinski definition) is 2. The standard InChI is InChI=1S/C13H15ClN2O/c1-2-9-7-8-12(17-9)13(16-15)10-5-3-4-6-11(10)14/h3-8,13,16H,2,15H2,1H3. The minimum Gasteiger partial charge on any atom is -0.464 e. The highest BCUT2D eigenvalue weighted by Crippen LogP contribution is 2.28. The molecule has 1 aromatic carbocycles. The molecule has 2 aromatic rings. The minimum absolute atomic E-state index is 0.219. The quantitative estimate of drug-likeness (QED) is 0.648. The average molecular weight is 251 g/mol. The summed E-state index contributed by atoms with van der Waals surface area (Å²) in [5, 5.41) is 0.671. The Morgan fingerprint density at radius 3 is 2.65 bits per heavy atom. The fourth-order valence-electron chi connectivity index (χ4n) is 1.77. The van der Waals surface area contributed by atoms with Crippen molar-refractivity contribution in [3.8, 4) is 0 Å². The maximum Gasteiger partial charge on any atom is 0.126 e. The molecule has 1 unspecified atom stereocenters. The molecule has 3 N–H and O–H groups in total. The predicted molar refractivity (Wildman–Crippen MR) is 68.7 cm³/mol. The van der Waals surface area contributed by atoms with Crippen LogP contribution in [0.1, 0.15) is 30.0 Å². The maximum atomic E-state index is 6.15. The van der Waals surface area contributed by atoms with E-state index < -0.39 is 0 Å². The van der Waals surface area contributed by atoms with Crippen molar-refractivity contribution in [2.24, 2.45) is 5.84 Å². The highest BCUT2D eigenvalue weighted by Gasteiger charge is 2.18. The van der Waals surface area contributed by atoms with Crippen molar-refractivity contribution >= 4 is 11.6 Å². The van der Waals surface area contributed by atoms with Crippen LogP contribution < -0.4 is 11.3 Å². The lowest BCUT2D eigenvalue weighted by Crippen LogP contribution is -2.28. The Morgan fingerprint density at radius 2 is 2.06 bits per heavy atom.